The molecule has 0 fully saturated rings. The fourth-order valence-corrected chi connectivity index (χ4v) is 2.58. The highest BCUT2D eigenvalue weighted by molar-refractivity contribution is 14.1. The molecule has 3 nitrogen and oxygen atoms in total. The topological polar surface area (TPSA) is 35.5 Å². The number of carbonyl (C=O) groups is 1. The van der Waals surface area contributed by atoms with E-state index in [9.17, 15) is 4.79 Å². The summed E-state index contributed by atoms with van der Waals surface area (Å²) in [5, 5.41) is 0. The van der Waals surface area contributed by atoms with Crippen LogP contribution >= 0.6 is 22.6 Å². The number of benzene rings is 3. The summed E-state index contributed by atoms with van der Waals surface area (Å²) in [5.41, 5.74) is 1.32. The van der Waals surface area contributed by atoms with Crippen LogP contribution in [0, 0.1) is 3.57 Å². The lowest BCUT2D eigenvalue weighted by molar-refractivity contribution is 0.103. The van der Waals surface area contributed by atoms with E-state index in [4.69, 9.17) is 9.47 Å². The smallest absolute Gasteiger partial charge is 0.193 e. The summed E-state index contributed by atoms with van der Waals surface area (Å²) in [5.74, 6) is 2.18. The van der Waals surface area contributed by atoms with Gasteiger partial charge in [0.25, 0.3) is 0 Å². The van der Waals surface area contributed by atoms with Gasteiger partial charge in [-0.05, 0) is 95.4 Å². The minimum Gasteiger partial charge on any atom is -0.497 e. The minimum absolute atomic E-state index is 0.00222. The Balaban J connectivity index is 1.72. The summed E-state index contributed by atoms with van der Waals surface area (Å²) in [6, 6.07) is 22.0. The quantitative estimate of drug-likeness (QED) is 0.406. The second-order valence-electron chi connectivity index (χ2n) is 5.14. The van der Waals surface area contributed by atoms with Gasteiger partial charge < -0.3 is 9.47 Å². The Morgan fingerprint density at radius 1 is 0.708 bits per heavy atom. The number of hydrogen-bond donors (Lipinski definition) is 0. The van der Waals surface area contributed by atoms with Crippen LogP contribution in [0.15, 0.2) is 72.8 Å². The second-order valence-corrected chi connectivity index (χ2v) is 6.38. The minimum atomic E-state index is 0.00222. The third-order valence-corrected chi connectivity index (χ3v) is 4.24. The van der Waals surface area contributed by atoms with E-state index in [-0.39, 0.29) is 5.78 Å². The Kier molecular flexibility index (Phi) is 5.15. The molecule has 0 N–H and O–H groups in total. The molecule has 0 atom stereocenters. The molecule has 0 unspecified atom stereocenters. The molecule has 0 saturated heterocycles. The molecule has 3 rings (SSSR count). The molecule has 0 radical (unpaired) electrons. The lowest BCUT2D eigenvalue weighted by Crippen LogP contribution is -2.00. The maximum absolute atomic E-state index is 12.4. The predicted molar refractivity (Wildman–Crippen MR) is 102 cm³/mol. The van der Waals surface area contributed by atoms with Gasteiger partial charge in [0.2, 0.25) is 0 Å². The van der Waals surface area contributed by atoms with Crippen molar-refractivity contribution in [1.29, 1.82) is 0 Å². The first-order chi connectivity index (χ1) is 11.7. The van der Waals surface area contributed by atoms with E-state index in [2.05, 4.69) is 22.6 Å². The summed E-state index contributed by atoms with van der Waals surface area (Å²) < 4.78 is 12.0. The van der Waals surface area contributed by atoms with Crippen LogP contribution in [0.5, 0.6) is 17.2 Å². The molecule has 0 spiro atoms. The van der Waals surface area contributed by atoms with Gasteiger partial charge in [-0.1, -0.05) is 0 Å². The lowest BCUT2D eigenvalue weighted by Gasteiger charge is -2.07. The standard InChI is InChI=1S/C20H15IO3/c1-23-17-10-12-19(13-11-17)24-18-8-4-15(5-9-18)20(22)14-2-6-16(21)7-3-14/h2-13H,1H3. The third-order valence-electron chi connectivity index (χ3n) is 3.52. The van der Waals surface area contributed by atoms with Crippen molar-refractivity contribution in [2.75, 3.05) is 7.11 Å². The SMILES string of the molecule is COc1ccc(Oc2ccc(C(=O)c3ccc(I)cc3)cc2)cc1. The number of hydrogen-bond acceptors (Lipinski definition) is 3. The van der Waals surface area contributed by atoms with Crippen molar-refractivity contribution >= 4 is 28.4 Å². The molecule has 3 aromatic carbocycles. The number of halogens is 1. The first-order valence-electron chi connectivity index (χ1n) is 7.38. The lowest BCUT2D eigenvalue weighted by atomic mass is 10.0. The maximum Gasteiger partial charge on any atom is 0.193 e. The summed E-state index contributed by atoms with van der Waals surface area (Å²) >= 11 is 2.22. The van der Waals surface area contributed by atoms with E-state index in [1.807, 2.05) is 48.5 Å². The number of methoxy groups -OCH3 is 1. The molecular formula is C20H15IO3. The normalized spacial score (nSPS) is 10.2. The van der Waals surface area contributed by atoms with Gasteiger partial charge in [-0.3, -0.25) is 4.79 Å². The van der Waals surface area contributed by atoms with Gasteiger partial charge in [0, 0.05) is 14.7 Å². The predicted octanol–water partition coefficient (Wildman–Crippen LogP) is 5.32. The number of carbonyl (C=O) groups excluding carboxylic acids is 1. The number of rotatable bonds is 5. The molecule has 0 aliphatic heterocycles. The fraction of sp³-hybridized carbons (Fsp3) is 0.0500. The maximum atomic E-state index is 12.4. The van der Waals surface area contributed by atoms with Gasteiger partial charge in [-0.15, -0.1) is 0 Å². The van der Waals surface area contributed by atoms with Gasteiger partial charge in [0.05, 0.1) is 7.11 Å². The molecule has 0 aliphatic rings. The summed E-state index contributed by atoms with van der Waals surface area (Å²) in [6.07, 6.45) is 0. The van der Waals surface area contributed by atoms with Crippen molar-refractivity contribution in [2.45, 2.75) is 0 Å². The van der Waals surface area contributed by atoms with E-state index in [1.54, 1.807) is 31.4 Å². The molecule has 0 heterocycles. The van der Waals surface area contributed by atoms with Gasteiger partial charge >= 0.3 is 0 Å². The Labute approximate surface area is 154 Å². The molecule has 0 aliphatic carbocycles. The average Bonchev–Trinajstić information content (AvgIpc) is 2.63. The van der Waals surface area contributed by atoms with Crippen molar-refractivity contribution in [3.05, 3.63) is 87.5 Å². The highest BCUT2D eigenvalue weighted by Crippen LogP contribution is 2.24. The van der Waals surface area contributed by atoms with Crippen molar-refractivity contribution in [3.8, 4) is 17.2 Å². The Bertz CT molecular complexity index is 822. The van der Waals surface area contributed by atoms with Crippen LogP contribution in [-0.2, 0) is 0 Å². The Morgan fingerprint density at radius 2 is 1.12 bits per heavy atom. The summed E-state index contributed by atoms with van der Waals surface area (Å²) in [7, 11) is 1.62. The molecule has 0 aromatic heterocycles. The summed E-state index contributed by atoms with van der Waals surface area (Å²) in [6.45, 7) is 0. The van der Waals surface area contributed by atoms with E-state index < -0.39 is 0 Å². The Hall–Kier alpha value is -2.34. The molecule has 120 valence electrons. The van der Waals surface area contributed by atoms with Crippen LogP contribution in [-0.4, -0.2) is 12.9 Å². The second kappa shape index (κ2) is 7.49. The number of ether oxygens (including phenoxy) is 2. The van der Waals surface area contributed by atoms with Crippen molar-refractivity contribution in [3.63, 3.8) is 0 Å². The number of ketones is 1. The first kappa shape index (κ1) is 16.5. The highest BCUT2D eigenvalue weighted by atomic mass is 127. The average molecular weight is 430 g/mol. The molecule has 0 saturated carbocycles. The first-order valence-corrected chi connectivity index (χ1v) is 8.46. The van der Waals surface area contributed by atoms with Crippen molar-refractivity contribution in [1.82, 2.24) is 0 Å². The van der Waals surface area contributed by atoms with Crippen LogP contribution in [0.25, 0.3) is 0 Å². The zero-order chi connectivity index (χ0) is 16.9. The molecule has 4 heteroatoms. The largest absolute Gasteiger partial charge is 0.497 e. The van der Waals surface area contributed by atoms with Crippen LogP contribution in [0.3, 0.4) is 0 Å². The van der Waals surface area contributed by atoms with Gasteiger partial charge in [-0.25, -0.2) is 0 Å². The molecule has 24 heavy (non-hydrogen) atoms. The Morgan fingerprint density at radius 3 is 1.62 bits per heavy atom. The van der Waals surface area contributed by atoms with E-state index in [1.165, 1.54) is 0 Å². The van der Waals surface area contributed by atoms with Crippen LogP contribution in [0.2, 0.25) is 0 Å². The molecule has 0 bridgehead atoms. The zero-order valence-electron chi connectivity index (χ0n) is 13.0. The molecule has 0 amide bonds. The van der Waals surface area contributed by atoms with Crippen LogP contribution < -0.4 is 9.47 Å². The molecule has 3 aromatic rings. The van der Waals surface area contributed by atoms with Crippen molar-refractivity contribution < 1.29 is 14.3 Å². The fourth-order valence-electron chi connectivity index (χ4n) is 2.22. The van der Waals surface area contributed by atoms with Crippen LogP contribution in [0.1, 0.15) is 15.9 Å². The highest BCUT2D eigenvalue weighted by Gasteiger charge is 2.09. The van der Waals surface area contributed by atoms with Crippen LogP contribution in [0.4, 0.5) is 0 Å². The zero-order valence-corrected chi connectivity index (χ0v) is 15.2. The molecular weight excluding hydrogens is 415 g/mol. The monoisotopic (exact) mass is 430 g/mol. The van der Waals surface area contributed by atoms with E-state index >= 15 is 0 Å². The van der Waals surface area contributed by atoms with Gasteiger partial charge in [0.15, 0.2) is 5.78 Å². The van der Waals surface area contributed by atoms with E-state index in [0.717, 1.165) is 9.32 Å². The third kappa shape index (κ3) is 3.94. The van der Waals surface area contributed by atoms with Gasteiger partial charge in [0.1, 0.15) is 17.2 Å². The summed E-state index contributed by atoms with van der Waals surface area (Å²) in [4.78, 5) is 12.4. The van der Waals surface area contributed by atoms with Crippen molar-refractivity contribution in [2.24, 2.45) is 0 Å². The van der Waals surface area contributed by atoms with E-state index in [0.29, 0.717) is 22.6 Å². The van der Waals surface area contributed by atoms with Gasteiger partial charge in [-0.2, -0.15) is 0 Å².